The second-order valence-electron chi connectivity index (χ2n) is 5.14. The van der Waals surface area contributed by atoms with Crippen LogP contribution in [0.4, 0.5) is 0 Å². The maximum atomic E-state index is 11.4. The van der Waals surface area contributed by atoms with Gasteiger partial charge in [0.2, 0.25) is 0 Å². The highest BCUT2D eigenvalue weighted by Crippen LogP contribution is 2.34. The van der Waals surface area contributed by atoms with E-state index in [9.17, 15) is 4.79 Å². The summed E-state index contributed by atoms with van der Waals surface area (Å²) in [5.74, 6) is 1.76. The zero-order valence-corrected chi connectivity index (χ0v) is 11.8. The van der Waals surface area contributed by atoms with Crippen molar-refractivity contribution in [1.29, 1.82) is 0 Å². The third-order valence-corrected chi connectivity index (χ3v) is 3.26. The van der Waals surface area contributed by atoms with Gasteiger partial charge in [0.05, 0.1) is 13.2 Å². The molecule has 0 amide bonds. The van der Waals surface area contributed by atoms with Crippen LogP contribution in [0.2, 0.25) is 0 Å². The Labute approximate surface area is 114 Å². The molecule has 4 heteroatoms. The average molecular weight is 263 g/mol. The standard InChI is InChI=1S/C15H21NO3/c1-11(17)9-13(16(2)3)12-5-6-14-15(10-12)19-8-4-7-18-14/h5-6,10,13H,4,7-9H2,1-3H3. The molecule has 0 spiro atoms. The average Bonchev–Trinajstić information content (AvgIpc) is 2.59. The van der Waals surface area contributed by atoms with Crippen molar-refractivity contribution in [2.75, 3.05) is 27.3 Å². The third-order valence-electron chi connectivity index (χ3n) is 3.26. The maximum Gasteiger partial charge on any atom is 0.161 e. The molecule has 2 rings (SSSR count). The van der Waals surface area contributed by atoms with Gasteiger partial charge in [-0.2, -0.15) is 0 Å². The van der Waals surface area contributed by atoms with E-state index in [1.165, 1.54) is 0 Å². The summed E-state index contributed by atoms with van der Waals surface area (Å²) in [7, 11) is 3.97. The van der Waals surface area contributed by atoms with Crippen LogP contribution in [-0.2, 0) is 4.79 Å². The Hall–Kier alpha value is -1.55. The van der Waals surface area contributed by atoms with Crippen molar-refractivity contribution >= 4 is 5.78 Å². The van der Waals surface area contributed by atoms with Gasteiger partial charge in [-0.25, -0.2) is 0 Å². The number of ketones is 1. The molecule has 1 atom stereocenters. The predicted octanol–water partition coefficient (Wildman–Crippen LogP) is 2.43. The van der Waals surface area contributed by atoms with Crippen LogP contribution in [-0.4, -0.2) is 38.0 Å². The molecule has 4 nitrogen and oxygen atoms in total. The molecule has 19 heavy (non-hydrogen) atoms. The number of nitrogens with zero attached hydrogens (tertiary/aromatic N) is 1. The Morgan fingerprint density at radius 1 is 1.26 bits per heavy atom. The highest BCUT2D eigenvalue weighted by atomic mass is 16.5. The molecule has 0 bridgehead atoms. The third kappa shape index (κ3) is 3.47. The van der Waals surface area contributed by atoms with Crippen LogP contribution in [0.25, 0.3) is 0 Å². The minimum absolute atomic E-state index is 0.0784. The number of carbonyl (C=O) groups is 1. The number of rotatable bonds is 4. The Kier molecular flexibility index (Phi) is 4.43. The molecule has 1 aliphatic heterocycles. The van der Waals surface area contributed by atoms with Crippen LogP contribution >= 0.6 is 0 Å². The summed E-state index contributed by atoms with van der Waals surface area (Å²) < 4.78 is 11.3. The van der Waals surface area contributed by atoms with Crippen molar-refractivity contribution in [3.63, 3.8) is 0 Å². The summed E-state index contributed by atoms with van der Waals surface area (Å²) in [5, 5.41) is 0. The van der Waals surface area contributed by atoms with Gasteiger partial charge in [-0.15, -0.1) is 0 Å². The van der Waals surface area contributed by atoms with Crippen molar-refractivity contribution in [3.05, 3.63) is 23.8 Å². The molecule has 0 fully saturated rings. The number of benzene rings is 1. The summed E-state index contributed by atoms with van der Waals surface area (Å²) in [6.07, 6.45) is 1.40. The summed E-state index contributed by atoms with van der Waals surface area (Å²) in [6.45, 7) is 2.99. The first kappa shape index (κ1) is 13.9. The van der Waals surface area contributed by atoms with E-state index in [1.54, 1.807) is 6.92 Å². The second kappa shape index (κ2) is 6.06. The monoisotopic (exact) mass is 263 g/mol. The van der Waals surface area contributed by atoms with Gasteiger partial charge in [0.1, 0.15) is 5.78 Å². The molecule has 0 N–H and O–H groups in total. The molecule has 0 aliphatic carbocycles. The molecule has 1 unspecified atom stereocenters. The first-order chi connectivity index (χ1) is 9.08. The number of hydrogen-bond donors (Lipinski definition) is 0. The van der Waals surface area contributed by atoms with E-state index in [0.29, 0.717) is 19.6 Å². The fourth-order valence-electron chi connectivity index (χ4n) is 2.26. The minimum Gasteiger partial charge on any atom is -0.490 e. The smallest absolute Gasteiger partial charge is 0.161 e. The van der Waals surface area contributed by atoms with E-state index in [2.05, 4.69) is 4.90 Å². The molecule has 0 saturated carbocycles. The van der Waals surface area contributed by atoms with Crippen molar-refractivity contribution in [3.8, 4) is 11.5 Å². The van der Waals surface area contributed by atoms with E-state index in [-0.39, 0.29) is 11.8 Å². The molecule has 1 aromatic carbocycles. The largest absolute Gasteiger partial charge is 0.490 e. The Morgan fingerprint density at radius 2 is 1.95 bits per heavy atom. The zero-order chi connectivity index (χ0) is 13.8. The number of Topliss-reactive ketones (excluding diaryl/α,β-unsaturated/α-hetero) is 1. The molecule has 0 saturated heterocycles. The Morgan fingerprint density at radius 3 is 2.58 bits per heavy atom. The second-order valence-corrected chi connectivity index (χ2v) is 5.14. The van der Waals surface area contributed by atoms with E-state index in [0.717, 1.165) is 23.5 Å². The van der Waals surface area contributed by atoms with Crippen molar-refractivity contribution in [2.45, 2.75) is 25.8 Å². The lowest BCUT2D eigenvalue weighted by Crippen LogP contribution is -2.22. The Bertz CT molecular complexity index is 457. The molecular formula is C15H21NO3. The molecule has 1 aliphatic rings. The van der Waals surface area contributed by atoms with Gasteiger partial charge in [0.25, 0.3) is 0 Å². The van der Waals surface area contributed by atoms with Crippen LogP contribution in [0.3, 0.4) is 0 Å². The Balaban J connectivity index is 2.28. The molecule has 0 radical (unpaired) electrons. The number of ether oxygens (including phenoxy) is 2. The van der Waals surface area contributed by atoms with Gasteiger partial charge in [-0.3, -0.25) is 4.79 Å². The highest BCUT2D eigenvalue weighted by Gasteiger charge is 2.19. The lowest BCUT2D eigenvalue weighted by Gasteiger charge is -2.24. The van der Waals surface area contributed by atoms with Crippen LogP contribution in [0.5, 0.6) is 11.5 Å². The fourth-order valence-corrected chi connectivity index (χ4v) is 2.26. The topological polar surface area (TPSA) is 38.8 Å². The van der Waals surface area contributed by atoms with Crippen molar-refractivity contribution in [2.24, 2.45) is 0 Å². The molecule has 1 aromatic rings. The summed E-state index contributed by atoms with van der Waals surface area (Å²) >= 11 is 0. The molecular weight excluding hydrogens is 242 g/mol. The van der Waals surface area contributed by atoms with Gasteiger partial charge < -0.3 is 14.4 Å². The lowest BCUT2D eigenvalue weighted by molar-refractivity contribution is -0.118. The summed E-state index contributed by atoms with van der Waals surface area (Å²) in [6, 6.07) is 6.02. The van der Waals surface area contributed by atoms with E-state index in [4.69, 9.17) is 9.47 Å². The molecule has 0 aromatic heterocycles. The van der Waals surface area contributed by atoms with E-state index in [1.807, 2.05) is 32.3 Å². The highest BCUT2D eigenvalue weighted by molar-refractivity contribution is 5.76. The fraction of sp³-hybridized carbons (Fsp3) is 0.533. The first-order valence-corrected chi connectivity index (χ1v) is 6.63. The molecule has 104 valence electrons. The van der Waals surface area contributed by atoms with Crippen LogP contribution in [0.1, 0.15) is 31.4 Å². The summed E-state index contributed by atoms with van der Waals surface area (Å²) in [5.41, 5.74) is 1.09. The lowest BCUT2D eigenvalue weighted by atomic mass is 10.0. The number of hydrogen-bond acceptors (Lipinski definition) is 4. The van der Waals surface area contributed by atoms with Gasteiger partial charge in [-0.05, 0) is 38.7 Å². The zero-order valence-electron chi connectivity index (χ0n) is 11.8. The maximum absolute atomic E-state index is 11.4. The quantitative estimate of drug-likeness (QED) is 0.836. The first-order valence-electron chi connectivity index (χ1n) is 6.63. The number of carbonyl (C=O) groups excluding carboxylic acids is 1. The van der Waals surface area contributed by atoms with Gasteiger partial charge in [0.15, 0.2) is 11.5 Å². The predicted molar refractivity (Wildman–Crippen MR) is 73.8 cm³/mol. The van der Waals surface area contributed by atoms with Crippen molar-refractivity contribution < 1.29 is 14.3 Å². The minimum atomic E-state index is 0.0784. The van der Waals surface area contributed by atoms with Gasteiger partial charge in [0, 0.05) is 18.9 Å². The van der Waals surface area contributed by atoms with E-state index >= 15 is 0 Å². The van der Waals surface area contributed by atoms with Crippen molar-refractivity contribution in [1.82, 2.24) is 4.90 Å². The van der Waals surface area contributed by atoms with Gasteiger partial charge in [-0.1, -0.05) is 6.07 Å². The molecule has 1 heterocycles. The normalized spacial score (nSPS) is 16.0. The van der Waals surface area contributed by atoms with Crippen LogP contribution in [0, 0.1) is 0 Å². The van der Waals surface area contributed by atoms with Crippen LogP contribution < -0.4 is 9.47 Å². The summed E-state index contributed by atoms with van der Waals surface area (Å²) in [4.78, 5) is 13.4. The van der Waals surface area contributed by atoms with E-state index < -0.39 is 0 Å². The SMILES string of the molecule is CC(=O)CC(c1ccc2c(c1)OCCCO2)N(C)C. The number of fused-ring (bicyclic) bond motifs is 1. The van der Waals surface area contributed by atoms with Gasteiger partial charge >= 0.3 is 0 Å². The van der Waals surface area contributed by atoms with Crippen LogP contribution in [0.15, 0.2) is 18.2 Å².